The second-order valence-corrected chi connectivity index (χ2v) is 18.1. The molecule has 0 N–H and O–H groups in total. The van der Waals surface area contributed by atoms with Crippen molar-refractivity contribution in [3.63, 3.8) is 0 Å². The van der Waals surface area contributed by atoms with Crippen LogP contribution < -0.4 is 13.6 Å². The minimum absolute atomic E-state index is 0.381. The lowest BCUT2D eigenvalue weighted by Crippen LogP contribution is -2.11. The van der Waals surface area contributed by atoms with Crippen LogP contribution in [-0.2, 0) is 4.57 Å². The van der Waals surface area contributed by atoms with Crippen molar-refractivity contribution in [2.75, 3.05) is 0 Å². The Balaban J connectivity index is 1.36. The van der Waals surface area contributed by atoms with E-state index in [1.165, 1.54) is 0 Å². The van der Waals surface area contributed by atoms with Crippen LogP contribution in [0.15, 0.2) is 200 Å². The second-order valence-electron chi connectivity index (χ2n) is 16.6. The van der Waals surface area contributed by atoms with E-state index in [2.05, 4.69) is 77.9 Å². The summed E-state index contributed by atoms with van der Waals surface area (Å²) in [5.41, 5.74) is 16.7. The van der Waals surface area contributed by atoms with Crippen LogP contribution in [0.25, 0.3) is 66.8 Å². The molecule has 0 fully saturated rings. The fourth-order valence-electron chi connectivity index (χ4n) is 8.60. The van der Waals surface area contributed by atoms with Gasteiger partial charge in [-0.15, -0.1) is 0 Å². The van der Waals surface area contributed by atoms with Gasteiger partial charge in [0.1, 0.15) is 17.2 Å². The van der Waals surface area contributed by atoms with Gasteiger partial charge in [0.05, 0.1) is 0 Å². The molecule has 0 heterocycles. The van der Waals surface area contributed by atoms with Crippen molar-refractivity contribution in [1.82, 2.24) is 0 Å². The van der Waals surface area contributed by atoms with Crippen molar-refractivity contribution >= 4 is 7.82 Å². The molecule has 0 saturated heterocycles. The number of hydrogen-bond acceptors (Lipinski definition) is 4. The number of phosphoric acid groups is 1. The van der Waals surface area contributed by atoms with Gasteiger partial charge in [-0.1, -0.05) is 200 Å². The third kappa shape index (κ3) is 8.66. The summed E-state index contributed by atoms with van der Waals surface area (Å²) >= 11 is 0. The Kier molecular flexibility index (Phi) is 12.1. The van der Waals surface area contributed by atoms with E-state index in [4.69, 9.17) is 13.6 Å². The fraction of sp³-hybridized carbons (Fsp3) is 0.100. The molecule has 0 amide bonds. The number of aryl methyl sites for hydroxylation is 3. The maximum absolute atomic E-state index is 17.0. The SMILES string of the molecule is Cc1cccc(-c2cccc(-c3ccccc3)c2OP(=O)(Oc2c(-c3ccccc3)cccc2-c2cccc(C)c2C)Oc2c(-c3ccccc3)cccc2-c2cccc(C)c2C)c1C. The maximum atomic E-state index is 17.0. The summed E-state index contributed by atoms with van der Waals surface area (Å²) < 4.78 is 38.8. The van der Waals surface area contributed by atoms with Crippen molar-refractivity contribution in [3.05, 3.63) is 234 Å². The zero-order valence-electron chi connectivity index (χ0n) is 37.6. The molecule has 0 spiro atoms. The molecule has 9 aromatic rings. The van der Waals surface area contributed by atoms with Gasteiger partial charge in [0.25, 0.3) is 0 Å². The van der Waals surface area contributed by atoms with E-state index < -0.39 is 7.82 Å². The van der Waals surface area contributed by atoms with E-state index in [1.807, 2.05) is 164 Å². The molecule has 0 aromatic heterocycles. The minimum atomic E-state index is -4.85. The number of para-hydroxylation sites is 3. The number of benzene rings is 9. The fourth-order valence-corrected chi connectivity index (χ4v) is 9.97. The molecular formula is C60H51O4P. The molecule has 0 aliphatic rings. The molecule has 4 nitrogen and oxygen atoms in total. The number of phosphoric ester groups is 1. The molecule has 0 radical (unpaired) electrons. The van der Waals surface area contributed by atoms with Crippen LogP contribution in [0.1, 0.15) is 33.4 Å². The van der Waals surface area contributed by atoms with Gasteiger partial charge in [-0.3, -0.25) is 0 Å². The Hall–Kier alpha value is -7.39. The summed E-state index contributed by atoms with van der Waals surface area (Å²) in [6, 6.07) is 67.0. The molecule has 320 valence electrons. The first-order valence-corrected chi connectivity index (χ1v) is 23.5. The van der Waals surface area contributed by atoms with Gasteiger partial charge in [0.2, 0.25) is 0 Å². The van der Waals surface area contributed by atoms with Crippen LogP contribution in [0, 0.1) is 41.5 Å². The van der Waals surface area contributed by atoms with Crippen LogP contribution in [0.4, 0.5) is 0 Å². The van der Waals surface area contributed by atoms with Gasteiger partial charge in [0.15, 0.2) is 0 Å². The highest BCUT2D eigenvalue weighted by molar-refractivity contribution is 7.49. The first-order chi connectivity index (χ1) is 31.6. The summed E-state index contributed by atoms with van der Waals surface area (Å²) in [4.78, 5) is 0. The molecule has 65 heavy (non-hydrogen) atoms. The molecule has 9 rings (SSSR count). The lowest BCUT2D eigenvalue weighted by molar-refractivity contribution is 0.300. The highest BCUT2D eigenvalue weighted by Crippen LogP contribution is 2.59. The Morgan fingerprint density at radius 3 is 0.769 bits per heavy atom. The number of hydrogen-bond donors (Lipinski definition) is 0. The van der Waals surface area contributed by atoms with E-state index in [-0.39, 0.29) is 0 Å². The Morgan fingerprint density at radius 1 is 0.262 bits per heavy atom. The molecule has 0 atom stereocenters. The molecule has 0 aliphatic carbocycles. The first-order valence-electron chi connectivity index (χ1n) is 22.0. The monoisotopic (exact) mass is 866 g/mol. The maximum Gasteiger partial charge on any atom is 0.647 e. The second kappa shape index (κ2) is 18.4. The molecule has 9 aromatic carbocycles. The highest BCUT2D eigenvalue weighted by atomic mass is 31.2. The molecule has 0 bridgehead atoms. The van der Waals surface area contributed by atoms with Gasteiger partial charge in [-0.25, -0.2) is 0 Å². The smallest absolute Gasteiger partial charge is 0.385 e. The van der Waals surface area contributed by atoms with Gasteiger partial charge >= 0.3 is 7.82 Å². The van der Waals surface area contributed by atoms with Gasteiger partial charge in [-0.05, 0) is 108 Å². The molecule has 0 aliphatic heterocycles. The van der Waals surface area contributed by atoms with Crippen molar-refractivity contribution in [2.24, 2.45) is 0 Å². The van der Waals surface area contributed by atoms with Crippen LogP contribution in [0.5, 0.6) is 17.2 Å². The third-order valence-corrected chi connectivity index (χ3v) is 13.8. The summed E-state index contributed by atoms with van der Waals surface area (Å²) in [6.45, 7) is 12.6. The average molecular weight is 867 g/mol. The van der Waals surface area contributed by atoms with E-state index in [9.17, 15) is 0 Å². The zero-order chi connectivity index (χ0) is 45.1. The lowest BCUT2D eigenvalue weighted by atomic mass is 9.93. The Morgan fingerprint density at radius 2 is 0.492 bits per heavy atom. The molecule has 5 heteroatoms. The molecule has 0 saturated carbocycles. The van der Waals surface area contributed by atoms with Crippen molar-refractivity contribution < 1.29 is 18.1 Å². The van der Waals surface area contributed by atoms with E-state index in [1.54, 1.807) is 0 Å². The van der Waals surface area contributed by atoms with Crippen molar-refractivity contribution in [3.8, 4) is 84.0 Å². The largest absolute Gasteiger partial charge is 0.647 e. The van der Waals surface area contributed by atoms with E-state index in [0.717, 1.165) is 100 Å². The lowest BCUT2D eigenvalue weighted by Gasteiger charge is -2.27. The molecule has 0 unspecified atom stereocenters. The predicted molar refractivity (Wildman–Crippen MR) is 270 cm³/mol. The summed E-state index contributed by atoms with van der Waals surface area (Å²) in [7, 11) is -4.85. The summed E-state index contributed by atoms with van der Waals surface area (Å²) in [6.07, 6.45) is 0. The van der Waals surface area contributed by atoms with Crippen LogP contribution in [0.2, 0.25) is 0 Å². The van der Waals surface area contributed by atoms with E-state index >= 15 is 4.57 Å². The summed E-state index contributed by atoms with van der Waals surface area (Å²) in [5, 5.41) is 0. The van der Waals surface area contributed by atoms with Crippen LogP contribution in [-0.4, -0.2) is 0 Å². The van der Waals surface area contributed by atoms with Gasteiger partial charge in [0, 0.05) is 33.4 Å². The topological polar surface area (TPSA) is 44.8 Å². The highest BCUT2D eigenvalue weighted by Gasteiger charge is 2.39. The normalized spacial score (nSPS) is 11.3. The van der Waals surface area contributed by atoms with Crippen LogP contribution >= 0.6 is 7.82 Å². The van der Waals surface area contributed by atoms with Gasteiger partial charge < -0.3 is 13.6 Å². The number of rotatable bonds is 12. The quantitative estimate of drug-likeness (QED) is 0.115. The Labute approximate surface area is 383 Å². The zero-order valence-corrected chi connectivity index (χ0v) is 38.5. The predicted octanol–water partition coefficient (Wildman–Crippen LogP) is 17.2. The Bertz CT molecular complexity index is 2870. The first kappa shape index (κ1) is 42.9. The minimum Gasteiger partial charge on any atom is -0.385 e. The van der Waals surface area contributed by atoms with Crippen LogP contribution in [0.3, 0.4) is 0 Å². The van der Waals surface area contributed by atoms with E-state index in [0.29, 0.717) is 17.2 Å². The standard InChI is InChI=1S/C60H51O4P/c1-40-22-16-31-49(43(40)4)55-37-19-34-52(46-25-10-7-11-26-46)58(55)62-65(61,63-59-53(47-27-12-8-13-28-47)35-20-38-56(59)50-32-17-23-41(2)44(50)5)64-60-54(48-29-14-9-15-30-48)36-21-39-57(60)51-33-18-24-42(3)45(51)6/h7-39H,1-6H3. The molecular weight excluding hydrogens is 816 g/mol. The van der Waals surface area contributed by atoms with Gasteiger partial charge in [-0.2, -0.15) is 4.57 Å². The average Bonchev–Trinajstić information content (AvgIpc) is 3.33. The van der Waals surface area contributed by atoms with Crippen molar-refractivity contribution in [2.45, 2.75) is 41.5 Å². The summed E-state index contributed by atoms with van der Waals surface area (Å²) in [5.74, 6) is 1.14. The third-order valence-electron chi connectivity index (χ3n) is 12.6. The van der Waals surface area contributed by atoms with Crippen molar-refractivity contribution in [1.29, 1.82) is 0 Å².